The summed E-state index contributed by atoms with van der Waals surface area (Å²) in [7, 11) is 1.46. The van der Waals surface area contributed by atoms with Crippen LogP contribution in [0.4, 0.5) is 10.8 Å². The monoisotopic (exact) mass is 291 g/mol. The lowest BCUT2D eigenvalue weighted by molar-refractivity contribution is 0.100. The molecular formula is C13H13N3O3S. The summed E-state index contributed by atoms with van der Waals surface area (Å²) in [6.07, 6.45) is 0. The van der Waals surface area contributed by atoms with Crippen LogP contribution in [-0.2, 0) is 0 Å². The summed E-state index contributed by atoms with van der Waals surface area (Å²) in [5.74, 6) is -0.200. The molecule has 7 heteroatoms. The van der Waals surface area contributed by atoms with Crippen LogP contribution < -0.4 is 15.8 Å². The molecule has 0 aliphatic carbocycles. The fourth-order valence-corrected chi connectivity index (χ4v) is 2.36. The quantitative estimate of drug-likeness (QED) is 0.665. The number of aromatic nitrogens is 1. The number of benzene rings is 1. The first-order valence-corrected chi connectivity index (χ1v) is 6.61. The van der Waals surface area contributed by atoms with Gasteiger partial charge in [-0.3, -0.25) is 14.9 Å². The lowest BCUT2D eigenvalue weighted by Gasteiger charge is -2.10. The number of rotatable bonds is 4. The molecular weight excluding hydrogens is 278 g/mol. The number of ketones is 1. The molecule has 0 bridgehead atoms. The van der Waals surface area contributed by atoms with Crippen molar-refractivity contribution >= 4 is 33.8 Å². The molecule has 0 atom stereocenters. The molecule has 3 N–H and O–H groups in total. The number of amides is 1. The van der Waals surface area contributed by atoms with Gasteiger partial charge < -0.3 is 10.5 Å². The Labute approximate surface area is 119 Å². The van der Waals surface area contributed by atoms with Gasteiger partial charge in [0, 0.05) is 18.0 Å². The summed E-state index contributed by atoms with van der Waals surface area (Å²) in [5.41, 5.74) is 6.67. The Hall–Kier alpha value is -2.41. The van der Waals surface area contributed by atoms with Crippen molar-refractivity contribution < 1.29 is 14.3 Å². The molecule has 0 saturated carbocycles. The van der Waals surface area contributed by atoms with Gasteiger partial charge in [-0.25, -0.2) is 4.98 Å². The van der Waals surface area contributed by atoms with E-state index in [-0.39, 0.29) is 11.3 Å². The number of hydrogen-bond donors (Lipinski definition) is 2. The van der Waals surface area contributed by atoms with Crippen molar-refractivity contribution in [1.29, 1.82) is 0 Å². The zero-order valence-corrected chi connectivity index (χ0v) is 11.8. The van der Waals surface area contributed by atoms with Crippen LogP contribution in [0.3, 0.4) is 0 Å². The van der Waals surface area contributed by atoms with Crippen LogP contribution in [0.25, 0.3) is 0 Å². The van der Waals surface area contributed by atoms with Crippen LogP contribution in [0.1, 0.15) is 27.8 Å². The van der Waals surface area contributed by atoms with Crippen molar-refractivity contribution in [3.8, 4) is 5.75 Å². The maximum absolute atomic E-state index is 12.2. The van der Waals surface area contributed by atoms with Gasteiger partial charge in [0.2, 0.25) is 0 Å². The summed E-state index contributed by atoms with van der Waals surface area (Å²) >= 11 is 1.17. The van der Waals surface area contributed by atoms with E-state index < -0.39 is 5.91 Å². The summed E-state index contributed by atoms with van der Waals surface area (Å²) in [4.78, 5) is 27.4. The number of nitrogens with two attached hydrogens (primary N) is 1. The van der Waals surface area contributed by atoms with Crippen LogP contribution in [0.15, 0.2) is 23.6 Å². The molecule has 6 nitrogen and oxygen atoms in total. The van der Waals surface area contributed by atoms with Gasteiger partial charge in [0.15, 0.2) is 10.9 Å². The Balaban J connectivity index is 2.26. The van der Waals surface area contributed by atoms with Gasteiger partial charge in [0.25, 0.3) is 5.91 Å². The van der Waals surface area contributed by atoms with E-state index in [0.29, 0.717) is 22.3 Å². The van der Waals surface area contributed by atoms with Gasteiger partial charge >= 0.3 is 0 Å². The fraction of sp³-hybridized carbons (Fsp3) is 0.154. The van der Waals surface area contributed by atoms with E-state index in [0.717, 1.165) is 0 Å². The minimum Gasteiger partial charge on any atom is -0.496 e. The molecule has 0 aliphatic heterocycles. The Morgan fingerprint density at radius 2 is 2.15 bits per heavy atom. The van der Waals surface area contributed by atoms with Crippen molar-refractivity contribution in [2.24, 2.45) is 0 Å². The summed E-state index contributed by atoms with van der Waals surface area (Å²) in [6, 6.07) is 4.95. The van der Waals surface area contributed by atoms with Crippen molar-refractivity contribution in [1.82, 2.24) is 4.98 Å². The molecule has 1 aromatic heterocycles. The predicted octanol–water partition coefficient (Wildman–Crippen LogP) is 2.19. The second-order valence-electron chi connectivity index (χ2n) is 3.97. The van der Waals surface area contributed by atoms with Crippen LogP contribution >= 0.6 is 11.3 Å². The molecule has 0 unspecified atom stereocenters. The number of anilines is 2. The Morgan fingerprint density at radius 1 is 1.40 bits per heavy atom. The number of nitrogens with zero attached hydrogens (tertiary/aromatic N) is 1. The summed E-state index contributed by atoms with van der Waals surface area (Å²) < 4.78 is 5.12. The third-order valence-electron chi connectivity index (χ3n) is 2.59. The number of ether oxygens (including phenoxy) is 1. The molecule has 104 valence electrons. The first-order chi connectivity index (χ1) is 9.52. The molecule has 0 aliphatic rings. The van der Waals surface area contributed by atoms with E-state index >= 15 is 0 Å². The Bertz CT molecular complexity index is 667. The molecule has 0 fully saturated rings. The average Bonchev–Trinajstić information content (AvgIpc) is 2.86. The van der Waals surface area contributed by atoms with E-state index in [1.165, 1.54) is 25.4 Å². The summed E-state index contributed by atoms with van der Waals surface area (Å²) in [5, 5.41) is 4.53. The first kappa shape index (κ1) is 14.0. The first-order valence-electron chi connectivity index (χ1n) is 5.73. The summed E-state index contributed by atoms with van der Waals surface area (Å²) in [6.45, 7) is 1.42. The molecule has 0 radical (unpaired) electrons. The van der Waals surface area contributed by atoms with Gasteiger partial charge in [-0.15, -0.1) is 11.3 Å². The SMILES string of the molecule is COc1cccc(N)c1C(=O)Nc1nc(C(C)=O)cs1. The topological polar surface area (TPSA) is 94.3 Å². The highest BCUT2D eigenvalue weighted by molar-refractivity contribution is 7.14. The molecule has 1 amide bonds. The van der Waals surface area contributed by atoms with Crippen molar-refractivity contribution in [2.75, 3.05) is 18.2 Å². The average molecular weight is 291 g/mol. The maximum Gasteiger partial charge on any atom is 0.263 e. The molecule has 1 aromatic carbocycles. The minimum absolute atomic E-state index is 0.154. The second-order valence-corrected chi connectivity index (χ2v) is 4.83. The van der Waals surface area contributed by atoms with Gasteiger partial charge in [-0.05, 0) is 12.1 Å². The molecule has 2 rings (SSSR count). The number of carbonyl (C=O) groups excluding carboxylic acids is 2. The Morgan fingerprint density at radius 3 is 2.75 bits per heavy atom. The van der Waals surface area contributed by atoms with Crippen molar-refractivity contribution in [3.63, 3.8) is 0 Å². The van der Waals surface area contributed by atoms with Crippen LogP contribution in [0, 0.1) is 0 Å². The third-order valence-corrected chi connectivity index (χ3v) is 3.35. The fourth-order valence-electron chi connectivity index (χ4n) is 1.61. The van der Waals surface area contributed by atoms with Gasteiger partial charge in [-0.2, -0.15) is 0 Å². The lowest BCUT2D eigenvalue weighted by Crippen LogP contribution is -2.15. The number of thiazole rings is 1. The van der Waals surface area contributed by atoms with E-state index in [9.17, 15) is 9.59 Å². The molecule has 1 heterocycles. The largest absolute Gasteiger partial charge is 0.496 e. The van der Waals surface area contributed by atoms with Gasteiger partial charge in [0.05, 0.1) is 7.11 Å². The van der Waals surface area contributed by atoms with Crippen LogP contribution in [-0.4, -0.2) is 23.8 Å². The van der Waals surface area contributed by atoms with Crippen molar-refractivity contribution in [3.05, 3.63) is 34.8 Å². The van der Waals surface area contributed by atoms with Crippen molar-refractivity contribution in [2.45, 2.75) is 6.92 Å². The number of Topliss-reactive ketones (excluding diaryl/α,β-unsaturated/α-hetero) is 1. The van der Waals surface area contributed by atoms with Crippen LogP contribution in [0.2, 0.25) is 0 Å². The van der Waals surface area contributed by atoms with E-state index in [1.54, 1.807) is 23.6 Å². The normalized spacial score (nSPS) is 10.1. The van der Waals surface area contributed by atoms with Gasteiger partial charge in [0.1, 0.15) is 17.0 Å². The molecule has 2 aromatic rings. The van der Waals surface area contributed by atoms with E-state index in [2.05, 4.69) is 10.3 Å². The lowest BCUT2D eigenvalue weighted by atomic mass is 10.1. The van der Waals surface area contributed by atoms with E-state index in [4.69, 9.17) is 10.5 Å². The van der Waals surface area contributed by atoms with Gasteiger partial charge in [-0.1, -0.05) is 6.07 Å². The smallest absolute Gasteiger partial charge is 0.263 e. The number of hydrogen-bond acceptors (Lipinski definition) is 6. The number of nitrogens with one attached hydrogen (secondary N) is 1. The highest BCUT2D eigenvalue weighted by Gasteiger charge is 2.17. The highest BCUT2D eigenvalue weighted by atomic mass is 32.1. The maximum atomic E-state index is 12.2. The van der Waals surface area contributed by atoms with Crippen LogP contribution in [0.5, 0.6) is 5.75 Å². The minimum atomic E-state index is -0.426. The molecule has 20 heavy (non-hydrogen) atoms. The molecule has 0 saturated heterocycles. The number of carbonyl (C=O) groups is 2. The predicted molar refractivity (Wildman–Crippen MR) is 77.5 cm³/mol. The third kappa shape index (κ3) is 2.77. The standard InChI is InChI=1S/C13H13N3O3S/c1-7(17)9-6-20-13(15-9)16-12(18)11-8(14)4-3-5-10(11)19-2/h3-6H,14H2,1-2H3,(H,15,16,18). The molecule has 0 spiro atoms. The Kier molecular flexibility index (Phi) is 3.99. The number of nitrogen functional groups attached to an aromatic ring is 1. The zero-order valence-electron chi connectivity index (χ0n) is 11.0. The highest BCUT2D eigenvalue weighted by Crippen LogP contribution is 2.26. The zero-order chi connectivity index (χ0) is 14.7. The second kappa shape index (κ2) is 5.70. The van der Waals surface area contributed by atoms with E-state index in [1.807, 2.05) is 0 Å². The number of methoxy groups -OCH3 is 1.